The van der Waals surface area contributed by atoms with E-state index in [1.54, 1.807) is 30.5 Å². The van der Waals surface area contributed by atoms with Crippen molar-refractivity contribution in [3.05, 3.63) is 84.2 Å². The lowest BCUT2D eigenvalue weighted by molar-refractivity contribution is 0.102. The van der Waals surface area contributed by atoms with Gasteiger partial charge in [0.15, 0.2) is 0 Å². The van der Waals surface area contributed by atoms with Crippen LogP contribution in [0.2, 0.25) is 0 Å². The van der Waals surface area contributed by atoms with E-state index in [-0.39, 0.29) is 5.91 Å². The normalized spacial score (nSPS) is 10.0. The van der Waals surface area contributed by atoms with Crippen molar-refractivity contribution >= 4 is 23.0 Å². The summed E-state index contributed by atoms with van der Waals surface area (Å²) in [7, 11) is 0. The number of nitriles is 1. The number of carbonyl (C=O) groups is 1. The number of carbonyl (C=O) groups excluding carboxylic acids is 1. The minimum Gasteiger partial charge on any atom is -0.340 e. The number of hydrogen-bond acceptors (Lipinski definition) is 4. The van der Waals surface area contributed by atoms with Crippen molar-refractivity contribution in [2.75, 3.05) is 16.8 Å². The van der Waals surface area contributed by atoms with Gasteiger partial charge in [-0.25, -0.2) is 0 Å². The largest absolute Gasteiger partial charge is 0.340 e. The molecule has 5 heteroatoms. The molecule has 0 saturated carbocycles. The molecule has 1 heterocycles. The third-order valence-corrected chi connectivity index (χ3v) is 3.93. The van der Waals surface area contributed by atoms with Gasteiger partial charge in [-0.15, -0.1) is 0 Å². The van der Waals surface area contributed by atoms with Crippen molar-refractivity contribution < 1.29 is 4.79 Å². The summed E-state index contributed by atoms with van der Waals surface area (Å²) in [6.45, 7) is 2.80. The molecule has 0 aliphatic carbocycles. The second-order valence-corrected chi connectivity index (χ2v) is 5.66. The van der Waals surface area contributed by atoms with E-state index in [1.165, 1.54) is 6.20 Å². The average molecular weight is 342 g/mol. The number of pyridine rings is 1. The van der Waals surface area contributed by atoms with Crippen LogP contribution in [0.5, 0.6) is 0 Å². The molecule has 0 bridgehead atoms. The maximum Gasteiger partial charge on any atom is 0.257 e. The van der Waals surface area contributed by atoms with Crippen LogP contribution in [0.4, 0.5) is 17.1 Å². The highest BCUT2D eigenvalue weighted by Crippen LogP contribution is 2.25. The predicted molar refractivity (Wildman–Crippen MR) is 102 cm³/mol. The second kappa shape index (κ2) is 7.95. The molecule has 3 rings (SSSR count). The van der Waals surface area contributed by atoms with Crippen LogP contribution >= 0.6 is 0 Å². The van der Waals surface area contributed by atoms with E-state index < -0.39 is 0 Å². The highest BCUT2D eigenvalue weighted by molar-refractivity contribution is 6.04. The second-order valence-electron chi connectivity index (χ2n) is 5.66. The SMILES string of the molecule is CCN(c1ccccc1)c1cncc(C(=O)Nc2cccc(C#N)c2)c1. The third-order valence-electron chi connectivity index (χ3n) is 3.93. The summed E-state index contributed by atoms with van der Waals surface area (Å²) in [6, 6.07) is 20.6. The fourth-order valence-corrected chi connectivity index (χ4v) is 2.69. The van der Waals surface area contributed by atoms with Gasteiger partial charge in [-0.05, 0) is 43.3 Å². The fraction of sp³-hybridized carbons (Fsp3) is 0.0952. The summed E-state index contributed by atoms with van der Waals surface area (Å²) in [4.78, 5) is 18.9. The summed E-state index contributed by atoms with van der Waals surface area (Å²) in [6.07, 6.45) is 3.27. The number of nitrogens with zero attached hydrogens (tertiary/aromatic N) is 3. The van der Waals surface area contributed by atoms with Crippen LogP contribution in [0.25, 0.3) is 0 Å². The highest BCUT2D eigenvalue weighted by Gasteiger charge is 2.12. The number of rotatable bonds is 5. The Bertz CT molecular complexity index is 947. The van der Waals surface area contributed by atoms with Crippen molar-refractivity contribution in [2.24, 2.45) is 0 Å². The molecule has 1 aromatic heterocycles. The van der Waals surface area contributed by atoms with E-state index >= 15 is 0 Å². The monoisotopic (exact) mass is 342 g/mol. The molecule has 2 aromatic carbocycles. The number of aromatic nitrogens is 1. The molecular weight excluding hydrogens is 324 g/mol. The van der Waals surface area contributed by atoms with E-state index in [1.807, 2.05) is 43.3 Å². The van der Waals surface area contributed by atoms with E-state index in [4.69, 9.17) is 5.26 Å². The van der Waals surface area contributed by atoms with Crippen LogP contribution in [-0.4, -0.2) is 17.4 Å². The average Bonchev–Trinajstić information content (AvgIpc) is 2.70. The van der Waals surface area contributed by atoms with Crippen molar-refractivity contribution in [3.63, 3.8) is 0 Å². The molecule has 3 aromatic rings. The molecule has 5 nitrogen and oxygen atoms in total. The van der Waals surface area contributed by atoms with Crippen LogP contribution < -0.4 is 10.2 Å². The van der Waals surface area contributed by atoms with Gasteiger partial charge in [-0.3, -0.25) is 9.78 Å². The smallest absolute Gasteiger partial charge is 0.257 e. The van der Waals surface area contributed by atoms with Gasteiger partial charge in [0.1, 0.15) is 0 Å². The summed E-state index contributed by atoms with van der Waals surface area (Å²) in [5.74, 6) is -0.265. The first-order valence-electron chi connectivity index (χ1n) is 8.30. The predicted octanol–water partition coefficient (Wildman–Crippen LogP) is 4.36. The zero-order chi connectivity index (χ0) is 18.4. The Morgan fingerprint density at radius 2 is 1.88 bits per heavy atom. The fourth-order valence-electron chi connectivity index (χ4n) is 2.69. The van der Waals surface area contributed by atoms with E-state index in [0.29, 0.717) is 16.8 Å². The topological polar surface area (TPSA) is 69.0 Å². The molecule has 26 heavy (non-hydrogen) atoms. The van der Waals surface area contributed by atoms with Crippen LogP contribution in [0, 0.1) is 11.3 Å². The standard InChI is InChI=1S/C21H18N4O/c1-2-25(19-9-4-3-5-10-19)20-12-17(14-23-15-20)21(26)24-18-8-6-7-16(11-18)13-22/h3-12,14-15H,2H2,1H3,(H,24,26). The number of para-hydroxylation sites is 1. The van der Waals surface area contributed by atoms with Crippen LogP contribution in [0.1, 0.15) is 22.8 Å². The Hall–Kier alpha value is -3.65. The molecule has 1 N–H and O–H groups in total. The first-order chi connectivity index (χ1) is 12.7. The van der Waals surface area contributed by atoms with Crippen molar-refractivity contribution in [1.29, 1.82) is 5.26 Å². The van der Waals surface area contributed by atoms with E-state index in [0.717, 1.165) is 17.9 Å². The molecule has 0 fully saturated rings. The lowest BCUT2D eigenvalue weighted by Gasteiger charge is -2.23. The summed E-state index contributed by atoms with van der Waals surface area (Å²) >= 11 is 0. The van der Waals surface area contributed by atoms with Crippen molar-refractivity contribution in [2.45, 2.75) is 6.92 Å². The van der Waals surface area contributed by atoms with Gasteiger partial charge < -0.3 is 10.2 Å². The lowest BCUT2D eigenvalue weighted by atomic mass is 10.2. The van der Waals surface area contributed by atoms with Gasteiger partial charge >= 0.3 is 0 Å². The molecular formula is C21H18N4O. The van der Waals surface area contributed by atoms with Crippen molar-refractivity contribution in [1.82, 2.24) is 4.98 Å². The molecule has 128 valence electrons. The molecule has 0 unspecified atom stereocenters. The van der Waals surface area contributed by atoms with Gasteiger partial charge in [-0.2, -0.15) is 5.26 Å². The molecule has 0 radical (unpaired) electrons. The van der Waals surface area contributed by atoms with Gasteiger partial charge in [-0.1, -0.05) is 24.3 Å². The van der Waals surface area contributed by atoms with Crippen LogP contribution in [0.15, 0.2) is 73.1 Å². The Morgan fingerprint density at radius 3 is 2.62 bits per heavy atom. The Morgan fingerprint density at radius 1 is 1.08 bits per heavy atom. The van der Waals surface area contributed by atoms with E-state index in [9.17, 15) is 4.79 Å². The van der Waals surface area contributed by atoms with Gasteiger partial charge in [0.25, 0.3) is 5.91 Å². The zero-order valence-electron chi connectivity index (χ0n) is 14.4. The summed E-state index contributed by atoms with van der Waals surface area (Å²) in [5, 5.41) is 11.8. The van der Waals surface area contributed by atoms with Crippen LogP contribution in [-0.2, 0) is 0 Å². The number of hydrogen-bond donors (Lipinski definition) is 1. The molecule has 0 aliphatic heterocycles. The quantitative estimate of drug-likeness (QED) is 0.748. The first-order valence-corrected chi connectivity index (χ1v) is 8.30. The molecule has 0 saturated heterocycles. The molecule has 0 aliphatic rings. The van der Waals surface area contributed by atoms with E-state index in [2.05, 4.69) is 21.3 Å². The first kappa shape index (κ1) is 17.2. The Kier molecular flexibility index (Phi) is 5.25. The van der Waals surface area contributed by atoms with Gasteiger partial charge in [0.2, 0.25) is 0 Å². The Labute approximate surface area is 152 Å². The number of anilines is 3. The minimum atomic E-state index is -0.265. The maximum absolute atomic E-state index is 12.6. The molecule has 0 spiro atoms. The number of amides is 1. The highest BCUT2D eigenvalue weighted by atomic mass is 16.1. The minimum absolute atomic E-state index is 0.265. The maximum atomic E-state index is 12.6. The molecule has 0 atom stereocenters. The lowest BCUT2D eigenvalue weighted by Crippen LogP contribution is -2.18. The number of benzene rings is 2. The zero-order valence-corrected chi connectivity index (χ0v) is 14.4. The summed E-state index contributed by atoms with van der Waals surface area (Å²) < 4.78 is 0. The van der Waals surface area contributed by atoms with Crippen LogP contribution in [0.3, 0.4) is 0 Å². The van der Waals surface area contributed by atoms with Crippen molar-refractivity contribution in [3.8, 4) is 6.07 Å². The third kappa shape index (κ3) is 3.87. The molecule has 1 amide bonds. The van der Waals surface area contributed by atoms with Gasteiger partial charge in [0, 0.05) is 24.1 Å². The van der Waals surface area contributed by atoms with Gasteiger partial charge in [0.05, 0.1) is 29.1 Å². The number of nitrogens with one attached hydrogen (secondary N) is 1. The Balaban J connectivity index is 1.84. The summed E-state index contributed by atoms with van der Waals surface area (Å²) in [5.41, 5.74) is 3.42.